The summed E-state index contributed by atoms with van der Waals surface area (Å²) in [6.45, 7) is 0. The average Bonchev–Trinajstić information content (AvgIpc) is 3.39. The van der Waals surface area contributed by atoms with Crippen molar-refractivity contribution in [3.63, 3.8) is 0 Å². The molecular formula is C24H16Cl2FN3OS. The molecule has 1 fully saturated rings. The number of benzene rings is 2. The number of halogens is 3. The molecule has 3 heterocycles. The average molecular weight is 484 g/mol. The van der Waals surface area contributed by atoms with Crippen LogP contribution in [0.1, 0.15) is 23.5 Å². The maximum atomic E-state index is 14.8. The molecule has 2 atom stereocenters. The monoisotopic (exact) mass is 483 g/mol. The van der Waals surface area contributed by atoms with Gasteiger partial charge in [-0.15, -0.1) is 0 Å². The normalized spacial score (nSPS) is 18.1. The molecule has 0 amide bonds. The van der Waals surface area contributed by atoms with E-state index in [1.807, 2.05) is 30.3 Å². The highest BCUT2D eigenvalue weighted by Crippen LogP contribution is 2.44. The Morgan fingerprint density at radius 2 is 1.81 bits per heavy atom. The predicted molar refractivity (Wildman–Crippen MR) is 128 cm³/mol. The summed E-state index contributed by atoms with van der Waals surface area (Å²) >= 11 is 18.0. The molecule has 4 nitrogen and oxygen atoms in total. The van der Waals surface area contributed by atoms with Crippen molar-refractivity contribution in [3.8, 4) is 11.3 Å². The van der Waals surface area contributed by atoms with Gasteiger partial charge in [0.2, 0.25) is 0 Å². The third kappa shape index (κ3) is 3.75. The topological polar surface area (TPSA) is 41.3 Å². The SMILES string of the molecule is Fc1ccccc1N1C(=S)N[C@@H](c2ccccn2)[C@@H]1c1ccc(-c2ccc(Cl)cc2Cl)o1. The van der Waals surface area contributed by atoms with Gasteiger partial charge in [0.15, 0.2) is 5.11 Å². The molecule has 32 heavy (non-hydrogen) atoms. The zero-order chi connectivity index (χ0) is 22.2. The Morgan fingerprint density at radius 1 is 1.00 bits per heavy atom. The third-order valence-corrected chi connectivity index (χ3v) is 6.19. The van der Waals surface area contributed by atoms with Crippen LogP contribution in [0.2, 0.25) is 10.0 Å². The van der Waals surface area contributed by atoms with Crippen LogP contribution in [-0.4, -0.2) is 10.1 Å². The van der Waals surface area contributed by atoms with E-state index in [0.29, 0.717) is 37.9 Å². The number of hydrogen-bond acceptors (Lipinski definition) is 3. The number of anilines is 1. The first kappa shape index (κ1) is 20.9. The van der Waals surface area contributed by atoms with Gasteiger partial charge in [-0.05, 0) is 66.8 Å². The minimum atomic E-state index is -0.464. The Kier molecular flexibility index (Phi) is 5.59. The minimum Gasteiger partial charge on any atom is -0.459 e. The van der Waals surface area contributed by atoms with Gasteiger partial charge in [-0.3, -0.25) is 4.98 Å². The van der Waals surface area contributed by atoms with E-state index in [4.69, 9.17) is 39.8 Å². The summed E-state index contributed by atoms with van der Waals surface area (Å²) < 4.78 is 21.0. The third-order valence-electron chi connectivity index (χ3n) is 5.32. The highest BCUT2D eigenvalue weighted by molar-refractivity contribution is 7.80. The van der Waals surface area contributed by atoms with Crippen LogP contribution in [0.25, 0.3) is 11.3 Å². The fourth-order valence-electron chi connectivity index (χ4n) is 3.90. The van der Waals surface area contributed by atoms with Gasteiger partial charge in [-0.25, -0.2) is 4.39 Å². The summed E-state index contributed by atoms with van der Waals surface area (Å²) in [6.07, 6.45) is 1.71. The maximum Gasteiger partial charge on any atom is 0.174 e. The number of aromatic nitrogens is 1. The van der Waals surface area contributed by atoms with Crippen LogP contribution >= 0.6 is 35.4 Å². The lowest BCUT2D eigenvalue weighted by atomic mass is 10.0. The Balaban J connectivity index is 1.62. The van der Waals surface area contributed by atoms with E-state index >= 15 is 0 Å². The first-order chi connectivity index (χ1) is 15.5. The van der Waals surface area contributed by atoms with E-state index in [0.717, 1.165) is 5.69 Å². The molecule has 5 rings (SSSR count). The van der Waals surface area contributed by atoms with E-state index < -0.39 is 6.04 Å². The van der Waals surface area contributed by atoms with Crippen LogP contribution in [0.5, 0.6) is 0 Å². The van der Waals surface area contributed by atoms with Crippen molar-refractivity contribution >= 4 is 46.2 Å². The van der Waals surface area contributed by atoms with Crippen LogP contribution in [-0.2, 0) is 0 Å². The quantitative estimate of drug-likeness (QED) is 0.317. The molecule has 2 aromatic heterocycles. The zero-order valence-electron chi connectivity index (χ0n) is 16.5. The van der Waals surface area contributed by atoms with E-state index in [9.17, 15) is 4.39 Å². The van der Waals surface area contributed by atoms with E-state index in [1.54, 1.807) is 47.5 Å². The van der Waals surface area contributed by atoms with Gasteiger partial charge in [0.1, 0.15) is 23.4 Å². The molecule has 2 aromatic carbocycles. The fraction of sp³-hybridized carbons (Fsp3) is 0.0833. The van der Waals surface area contributed by atoms with Crippen LogP contribution in [0.4, 0.5) is 10.1 Å². The number of hydrogen-bond donors (Lipinski definition) is 1. The molecule has 0 spiro atoms. The Labute approximate surface area is 199 Å². The number of nitrogens with zero attached hydrogens (tertiary/aromatic N) is 2. The Bertz CT molecular complexity index is 1300. The second-order valence-corrected chi connectivity index (χ2v) is 8.50. The van der Waals surface area contributed by atoms with Gasteiger partial charge >= 0.3 is 0 Å². The number of rotatable bonds is 4. The lowest BCUT2D eigenvalue weighted by Crippen LogP contribution is -2.30. The second-order valence-electron chi connectivity index (χ2n) is 7.27. The van der Waals surface area contributed by atoms with Crippen molar-refractivity contribution in [2.45, 2.75) is 12.1 Å². The molecular weight excluding hydrogens is 468 g/mol. The summed E-state index contributed by atoms with van der Waals surface area (Å²) in [4.78, 5) is 6.22. The van der Waals surface area contributed by atoms with Gasteiger partial charge < -0.3 is 14.6 Å². The molecule has 0 unspecified atom stereocenters. The number of thiocarbonyl (C=S) groups is 1. The molecule has 8 heteroatoms. The number of nitrogens with one attached hydrogen (secondary N) is 1. The van der Waals surface area contributed by atoms with Crippen LogP contribution in [0.15, 0.2) is 83.4 Å². The number of furan rings is 1. The Hall–Kier alpha value is -2.93. The zero-order valence-corrected chi connectivity index (χ0v) is 18.8. The van der Waals surface area contributed by atoms with Gasteiger partial charge in [0.25, 0.3) is 0 Å². The first-order valence-corrected chi connectivity index (χ1v) is 11.0. The van der Waals surface area contributed by atoms with Gasteiger partial charge in [0.05, 0.1) is 22.4 Å². The molecule has 160 valence electrons. The van der Waals surface area contributed by atoms with Crippen LogP contribution in [0.3, 0.4) is 0 Å². The molecule has 1 saturated heterocycles. The summed E-state index contributed by atoms with van der Waals surface area (Å²) in [6, 6.07) is 20.2. The maximum absolute atomic E-state index is 14.8. The Morgan fingerprint density at radius 3 is 2.56 bits per heavy atom. The molecule has 0 saturated carbocycles. The molecule has 0 bridgehead atoms. The van der Waals surface area contributed by atoms with Crippen molar-refractivity contribution in [1.29, 1.82) is 0 Å². The molecule has 4 aromatic rings. The lowest BCUT2D eigenvalue weighted by Gasteiger charge is -2.26. The predicted octanol–water partition coefficient (Wildman–Crippen LogP) is 6.96. The largest absolute Gasteiger partial charge is 0.459 e. The van der Waals surface area contributed by atoms with Crippen LogP contribution < -0.4 is 10.2 Å². The van der Waals surface area contributed by atoms with Gasteiger partial charge in [-0.1, -0.05) is 41.4 Å². The number of pyridine rings is 1. The fourth-order valence-corrected chi connectivity index (χ4v) is 4.74. The summed E-state index contributed by atoms with van der Waals surface area (Å²) in [5.41, 5.74) is 1.83. The minimum absolute atomic E-state index is 0.344. The van der Waals surface area contributed by atoms with E-state index in [2.05, 4.69) is 10.3 Å². The van der Waals surface area contributed by atoms with Crippen molar-refractivity contribution in [2.75, 3.05) is 4.90 Å². The van der Waals surface area contributed by atoms with Crippen molar-refractivity contribution in [3.05, 3.63) is 106 Å². The van der Waals surface area contributed by atoms with E-state index in [1.165, 1.54) is 6.07 Å². The summed E-state index contributed by atoms with van der Waals surface area (Å²) in [5, 5.41) is 4.69. The molecule has 1 aliphatic heterocycles. The summed E-state index contributed by atoms with van der Waals surface area (Å²) in [5.74, 6) is 0.792. The number of para-hydroxylation sites is 1. The van der Waals surface area contributed by atoms with Gasteiger partial charge in [0, 0.05) is 16.8 Å². The van der Waals surface area contributed by atoms with E-state index in [-0.39, 0.29) is 11.9 Å². The smallest absolute Gasteiger partial charge is 0.174 e. The van der Waals surface area contributed by atoms with Crippen molar-refractivity contribution in [2.24, 2.45) is 0 Å². The van der Waals surface area contributed by atoms with Gasteiger partial charge in [-0.2, -0.15) is 0 Å². The molecule has 1 N–H and O–H groups in total. The molecule has 1 aliphatic rings. The second kappa shape index (κ2) is 8.54. The molecule has 0 radical (unpaired) electrons. The first-order valence-electron chi connectivity index (χ1n) is 9.83. The van der Waals surface area contributed by atoms with Crippen molar-refractivity contribution < 1.29 is 8.81 Å². The highest BCUT2D eigenvalue weighted by Gasteiger charge is 2.43. The highest BCUT2D eigenvalue weighted by atomic mass is 35.5. The molecule has 0 aliphatic carbocycles. The summed E-state index contributed by atoms with van der Waals surface area (Å²) in [7, 11) is 0. The standard InChI is InChI=1S/C24H16Cl2FN3OS/c25-14-8-9-15(16(26)13-14)20-10-11-21(31-20)23-22(18-6-3-4-12-28-18)29-24(32)30(23)19-7-2-1-5-17(19)27/h1-13,22-23H,(H,29,32)/t22-,23-/m0/s1. The lowest BCUT2D eigenvalue weighted by molar-refractivity contribution is 0.438. The van der Waals surface area contributed by atoms with Crippen LogP contribution in [0, 0.1) is 5.82 Å². The van der Waals surface area contributed by atoms with Crippen molar-refractivity contribution in [1.82, 2.24) is 10.3 Å².